The van der Waals surface area contributed by atoms with Crippen LogP contribution >= 0.6 is 0 Å². The van der Waals surface area contributed by atoms with Gasteiger partial charge in [0, 0.05) is 32.8 Å². The summed E-state index contributed by atoms with van der Waals surface area (Å²) in [5.74, 6) is 0. The Morgan fingerprint density at radius 1 is 0.548 bits per heavy atom. The third-order valence-electron chi connectivity index (χ3n) is 8.15. The summed E-state index contributed by atoms with van der Waals surface area (Å²) in [5, 5.41) is 14.1. The first-order valence-corrected chi connectivity index (χ1v) is 13.8. The van der Waals surface area contributed by atoms with E-state index in [2.05, 4.69) is 111 Å². The van der Waals surface area contributed by atoms with E-state index in [1.54, 1.807) is 0 Å². The van der Waals surface area contributed by atoms with Gasteiger partial charge in [0.25, 0.3) is 0 Å². The molecule has 0 atom stereocenters. The van der Waals surface area contributed by atoms with Crippen LogP contribution in [0.3, 0.4) is 0 Å². The predicted octanol–water partition coefficient (Wildman–Crippen LogP) is 9.97. The fourth-order valence-electron chi connectivity index (χ4n) is 6.33. The van der Waals surface area contributed by atoms with Gasteiger partial charge in [0.05, 0.1) is 46.0 Å². The summed E-state index contributed by atoms with van der Waals surface area (Å²) < 4.78 is 4.63. The van der Waals surface area contributed by atoms with Crippen LogP contribution in [0.1, 0.15) is 5.56 Å². The molecule has 8 rings (SSSR count). The Morgan fingerprint density at radius 3 is 2.05 bits per heavy atom. The molecule has 0 spiro atoms. The Hall–Kier alpha value is -6.10. The van der Waals surface area contributed by atoms with Crippen molar-refractivity contribution < 1.29 is 0 Å². The number of benzene rings is 6. The van der Waals surface area contributed by atoms with E-state index in [-0.39, 0.29) is 0 Å². The second kappa shape index (κ2) is 9.24. The van der Waals surface area contributed by atoms with Gasteiger partial charge in [-0.15, -0.1) is 0 Å². The van der Waals surface area contributed by atoms with E-state index >= 15 is 0 Å². The summed E-state index contributed by atoms with van der Waals surface area (Å²) in [6, 6.07) is 48.0. The molecule has 4 heteroatoms. The molecule has 0 unspecified atom stereocenters. The predicted molar refractivity (Wildman–Crippen MR) is 172 cm³/mol. The van der Waals surface area contributed by atoms with Crippen molar-refractivity contribution in [1.29, 1.82) is 5.26 Å². The Bertz CT molecular complexity index is 2440. The molecule has 194 valence electrons. The Balaban J connectivity index is 1.45. The minimum absolute atomic E-state index is 0.623. The molecule has 0 N–H and O–H groups in total. The number of fused-ring (bicyclic) bond motifs is 6. The number of hydrogen-bond acceptors (Lipinski definition) is 1. The molecule has 2 heterocycles. The van der Waals surface area contributed by atoms with Crippen LogP contribution in [0.15, 0.2) is 133 Å². The van der Waals surface area contributed by atoms with Crippen molar-refractivity contribution in [3.63, 3.8) is 0 Å². The Labute approximate surface area is 242 Å². The molecule has 4 nitrogen and oxygen atoms in total. The van der Waals surface area contributed by atoms with Crippen LogP contribution in [0, 0.1) is 17.9 Å². The second-order valence-electron chi connectivity index (χ2n) is 10.4. The second-order valence-corrected chi connectivity index (χ2v) is 10.4. The average molecular weight is 535 g/mol. The molecule has 0 saturated carbocycles. The highest BCUT2D eigenvalue weighted by Crippen LogP contribution is 2.39. The Kier molecular flexibility index (Phi) is 5.22. The lowest BCUT2D eigenvalue weighted by atomic mass is 10.0. The third kappa shape index (κ3) is 3.47. The molecule has 0 aliphatic carbocycles. The highest BCUT2D eigenvalue weighted by atomic mass is 15.0. The summed E-state index contributed by atoms with van der Waals surface area (Å²) in [6.45, 7) is 7.54. The number of para-hydroxylation sites is 3. The molecule has 0 aliphatic rings. The zero-order valence-electron chi connectivity index (χ0n) is 22.5. The molecule has 0 saturated heterocycles. The lowest BCUT2D eigenvalue weighted by molar-refractivity contribution is 1.16. The van der Waals surface area contributed by atoms with E-state index in [0.717, 1.165) is 55.3 Å². The maximum absolute atomic E-state index is 9.58. The van der Waals surface area contributed by atoms with Gasteiger partial charge in [-0.3, -0.25) is 0 Å². The van der Waals surface area contributed by atoms with E-state index in [0.29, 0.717) is 11.3 Å². The van der Waals surface area contributed by atoms with Crippen LogP contribution in [0.2, 0.25) is 0 Å². The molecule has 0 aliphatic heterocycles. The molecule has 6 aromatic carbocycles. The maximum atomic E-state index is 9.58. The quantitative estimate of drug-likeness (QED) is 0.208. The minimum atomic E-state index is 0.623. The number of nitrogens with zero attached hydrogens (tertiary/aromatic N) is 4. The van der Waals surface area contributed by atoms with Crippen LogP contribution in [-0.4, -0.2) is 9.13 Å². The van der Waals surface area contributed by atoms with E-state index < -0.39 is 0 Å². The van der Waals surface area contributed by atoms with Crippen molar-refractivity contribution in [1.82, 2.24) is 9.13 Å². The fraction of sp³-hybridized carbons (Fsp3) is 0. The molecular formula is C38H22N4. The van der Waals surface area contributed by atoms with Gasteiger partial charge >= 0.3 is 0 Å². The van der Waals surface area contributed by atoms with Crippen molar-refractivity contribution in [2.45, 2.75) is 0 Å². The topological polar surface area (TPSA) is 38.0 Å². The molecular weight excluding hydrogens is 512 g/mol. The van der Waals surface area contributed by atoms with Gasteiger partial charge in [0.1, 0.15) is 0 Å². The summed E-state index contributed by atoms with van der Waals surface area (Å²) >= 11 is 0. The minimum Gasteiger partial charge on any atom is -0.309 e. The zero-order valence-corrected chi connectivity index (χ0v) is 22.5. The molecule has 2 aromatic heterocycles. The van der Waals surface area contributed by atoms with E-state index in [1.165, 1.54) is 10.8 Å². The van der Waals surface area contributed by atoms with Crippen LogP contribution < -0.4 is 0 Å². The first-order chi connectivity index (χ1) is 20.7. The first kappa shape index (κ1) is 23.8. The molecule has 0 amide bonds. The lowest BCUT2D eigenvalue weighted by Gasteiger charge is -2.15. The third-order valence-corrected chi connectivity index (χ3v) is 8.15. The monoisotopic (exact) mass is 534 g/mol. The van der Waals surface area contributed by atoms with E-state index in [1.807, 2.05) is 42.5 Å². The summed E-state index contributed by atoms with van der Waals surface area (Å²) in [7, 11) is 0. The van der Waals surface area contributed by atoms with Crippen molar-refractivity contribution in [3.8, 4) is 28.6 Å². The highest BCUT2D eigenvalue weighted by molar-refractivity contribution is 6.12. The summed E-state index contributed by atoms with van der Waals surface area (Å²) in [6.07, 6.45) is 0. The SMILES string of the molecule is [C-]#[N+]c1cccc(-c2ccccc2-n2c3ccccc3c3ccc(-n4c5ccccc5c5cc(C#N)ccc54)cc32)c1. The first-order valence-electron chi connectivity index (χ1n) is 13.8. The molecule has 8 aromatic rings. The molecule has 0 bridgehead atoms. The highest BCUT2D eigenvalue weighted by Gasteiger charge is 2.18. The number of aromatic nitrogens is 2. The van der Waals surface area contributed by atoms with E-state index in [4.69, 9.17) is 6.57 Å². The maximum Gasteiger partial charge on any atom is 0.187 e. The van der Waals surface area contributed by atoms with Gasteiger partial charge in [-0.2, -0.15) is 5.26 Å². The van der Waals surface area contributed by atoms with Crippen LogP contribution in [0.25, 0.3) is 71.0 Å². The normalized spacial score (nSPS) is 11.3. The largest absolute Gasteiger partial charge is 0.309 e. The van der Waals surface area contributed by atoms with Crippen LogP contribution in [0.4, 0.5) is 5.69 Å². The molecule has 0 radical (unpaired) electrons. The molecule has 0 fully saturated rings. The average Bonchev–Trinajstić information content (AvgIpc) is 3.56. The summed E-state index contributed by atoms with van der Waals surface area (Å²) in [5.41, 5.74) is 9.85. The smallest absolute Gasteiger partial charge is 0.187 e. The van der Waals surface area contributed by atoms with E-state index in [9.17, 15) is 5.26 Å². The Morgan fingerprint density at radius 2 is 1.24 bits per heavy atom. The fourth-order valence-corrected chi connectivity index (χ4v) is 6.33. The number of rotatable bonds is 3. The van der Waals surface area contributed by atoms with Crippen molar-refractivity contribution in [2.75, 3.05) is 0 Å². The number of hydrogen-bond donors (Lipinski definition) is 0. The van der Waals surface area contributed by atoms with Crippen LogP contribution in [-0.2, 0) is 0 Å². The van der Waals surface area contributed by atoms with Gasteiger partial charge < -0.3 is 9.13 Å². The number of nitriles is 1. The lowest BCUT2D eigenvalue weighted by Crippen LogP contribution is -1.99. The van der Waals surface area contributed by atoms with Crippen molar-refractivity contribution >= 4 is 49.3 Å². The zero-order chi connectivity index (χ0) is 28.2. The van der Waals surface area contributed by atoms with Gasteiger partial charge in [0.15, 0.2) is 5.69 Å². The van der Waals surface area contributed by atoms with Gasteiger partial charge in [-0.25, -0.2) is 4.85 Å². The van der Waals surface area contributed by atoms with Crippen molar-refractivity contribution in [3.05, 3.63) is 150 Å². The summed E-state index contributed by atoms with van der Waals surface area (Å²) in [4.78, 5) is 3.67. The standard InChI is InChI=1S/C38H22N4/c1-40-27-10-8-9-26(22-27)29-11-2-5-14-34(29)42-36-16-7-3-12-30(36)32-19-18-28(23-38(32)42)41-35-15-6-4-13-31(35)33-21-25(24-39)17-20-37(33)41/h2-23H. The van der Waals surface area contributed by atoms with Crippen LogP contribution in [0.5, 0.6) is 0 Å². The van der Waals surface area contributed by atoms with Crippen molar-refractivity contribution in [2.24, 2.45) is 0 Å². The molecule has 42 heavy (non-hydrogen) atoms. The van der Waals surface area contributed by atoms with Gasteiger partial charge in [-0.1, -0.05) is 78.9 Å². The van der Waals surface area contributed by atoms with Gasteiger partial charge in [0.2, 0.25) is 0 Å². The van der Waals surface area contributed by atoms with Gasteiger partial charge in [-0.05, 0) is 60.2 Å².